The van der Waals surface area contributed by atoms with Gasteiger partial charge in [-0.25, -0.2) is 33.1 Å². The zero-order chi connectivity index (χ0) is 52.2. The Kier molecular flexibility index (Phi) is 16.3. The largest absolute Gasteiger partial charge is 0.345 e. The first-order chi connectivity index (χ1) is 35.0. The Labute approximate surface area is 419 Å². The Balaban J connectivity index is 0.000000214. The number of fused-ring (bicyclic) bond motifs is 2. The zero-order valence-corrected chi connectivity index (χ0v) is 41.3. The molecule has 4 aromatic carbocycles. The second-order valence-corrected chi connectivity index (χ2v) is 18.1. The number of hydrogen-bond donors (Lipinski definition) is 4. The minimum absolute atomic E-state index is 0.0987. The molecule has 8 aromatic rings. The molecule has 0 unspecified atom stereocenters. The van der Waals surface area contributed by atoms with Gasteiger partial charge in [-0.05, 0) is 76.2 Å². The molecule has 73 heavy (non-hydrogen) atoms. The molecule has 20 heteroatoms. The van der Waals surface area contributed by atoms with Crippen LogP contribution in [0.25, 0.3) is 33.2 Å². The van der Waals surface area contributed by atoms with E-state index in [4.69, 9.17) is 9.97 Å². The number of aromatic nitrogens is 8. The molecule has 0 bridgehead atoms. The first kappa shape index (κ1) is 51.6. The Morgan fingerprint density at radius 3 is 1.40 bits per heavy atom. The maximum atomic E-state index is 13.9. The van der Waals surface area contributed by atoms with Crippen molar-refractivity contribution in [3.8, 4) is 35.1 Å². The lowest BCUT2D eigenvalue weighted by Crippen LogP contribution is -2.34. The van der Waals surface area contributed by atoms with Gasteiger partial charge in [-0.2, -0.15) is 0 Å². The van der Waals surface area contributed by atoms with Crippen LogP contribution in [0, 0.1) is 37.5 Å². The first-order valence-corrected chi connectivity index (χ1v) is 24.5. The molecule has 4 heterocycles. The Bertz CT molecular complexity index is 3770. The average Bonchev–Trinajstić information content (AvgIpc) is 3.37. The van der Waals surface area contributed by atoms with E-state index in [9.17, 15) is 32.4 Å². The highest BCUT2D eigenvalue weighted by Crippen LogP contribution is 2.22. The van der Waals surface area contributed by atoms with Crippen LogP contribution < -0.4 is 31.8 Å². The number of rotatable bonds is 11. The van der Waals surface area contributed by atoms with Crippen molar-refractivity contribution in [1.29, 1.82) is 0 Å². The van der Waals surface area contributed by atoms with Gasteiger partial charge in [0.1, 0.15) is 23.0 Å². The smallest absolute Gasteiger partial charge is 0.272 e. The molecule has 4 aromatic heterocycles. The van der Waals surface area contributed by atoms with Crippen LogP contribution in [0.3, 0.4) is 0 Å². The van der Waals surface area contributed by atoms with Gasteiger partial charge in [0, 0.05) is 42.8 Å². The summed E-state index contributed by atoms with van der Waals surface area (Å²) in [5.74, 6) is 11.1. The summed E-state index contributed by atoms with van der Waals surface area (Å²) in [6, 6.07) is 27.1. The van der Waals surface area contributed by atoms with Crippen LogP contribution in [0.2, 0.25) is 0 Å². The molecule has 0 saturated heterocycles. The summed E-state index contributed by atoms with van der Waals surface area (Å²) in [5.41, 5.74) is 3.60. The predicted octanol–water partition coefficient (Wildman–Crippen LogP) is 4.34. The van der Waals surface area contributed by atoms with Crippen LogP contribution in [-0.2, 0) is 14.8 Å². The minimum Gasteiger partial charge on any atom is -0.345 e. The molecule has 0 aliphatic heterocycles. The van der Waals surface area contributed by atoms with Gasteiger partial charge < -0.3 is 16.0 Å². The molecule has 0 aliphatic carbocycles. The number of sulfonamides is 1. The number of carbonyl (C=O) groups is 3. The highest BCUT2D eigenvalue weighted by Gasteiger charge is 2.24. The van der Waals surface area contributed by atoms with Crippen LogP contribution >= 0.6 is 0 Å². The third-order valence-electron chi connectivity index (χ3n) is 10.8. The highest BCUT2D eigenvalue weighted by atomic mass is 32.2. The van der Waals surface area contributed by atoms with E-state index in [-0.39, 0.29) is 46.9 Å². The molecule has 19 nitrogen and oxygen atoms in total. The van der Waals surface area contributed by atoms with Crippen LogP contribution in [0.1, 0.15) is 88.0 Å². The van der Waals surface area contributed by atoms with Crippen molar-refractivity contribution >= 4 is 49.6 Å². The summed E-state index contributed by atoms with van der Waals surface area (Å²) in [4.78, 5) is 90.7. The number of aryl methyl sites for hydroxylation is 2. The molecule has 0 aliphatic rings. The van der Waals surface area contributed by atoms with E-state index >= 15 is 0 Å². The van der Waals surface area contributed by atoms with Gasteiger partial charge >= 0.3 is 0 Å². The SMILES string of the molecule is CC(=O)NCC#Cc1cccc2nc([C@H](C)NC(=O)c3nccnc3C)n(-c3ccccc3)c(=O)c12.Cc1nccnc1C(=O)N[C@@H](C)c1nc2cccc(C#CCNS(C)(=O)=O)c2c(=O)n1-c1ccccc1. The van der Waals surface area contributed by atoms with Crippen molar-refractivity contribution < 1.29 is 22.8 Å². The molecule has 368 valence electrons. The van der Waals surface area contributed by atoms with Crippen molar-refractivity contribution in [2.24, 2.45) is 0 Å². The molecule has 0 spiro atoms. The van der Waals surface area contributed by atoms with E-state index in [1.54, 1.807) is 100 Å². The average molecular weight is 997 g/mol. The van der Waals surface area contributed by atoms with Gasteiger partial charge in [0.25, 0.3) is 22.9 Å². The standard InChI is InChI=1S/C27H24N6O3.C26H24N6O4S/c1-17-24(30-16-15-28-17)26(35)31-18(2)25-32-22-13-7-9-20(10-8-14-29-19(3)34)23(22)27(36)33(25)21-11-5-4-6-12-21;1-17-23(28-16-15-27-17)25(33)30-18(2)24-31-21-13-7-9-19(10-8-14-29-37(3,35)36)22(21)26(34)32(24)20-11-5-4-6-12-20/h4-7,9,11-13,15-16,18H,14H2,1-3H3,(H,29,34)(H,31,35);4-7,9,11-13,15-16,18,29H,14H2,1-3H3,(H,30,33)/t2*18-/m00/s1. The normalized spacial score (nSPS) is 11.6. The van der Waals surface area contributed by atoms with Gasteiger partial charge in [-0.3, -0.25) is 43.1 Å². The fourth-order valence-electron chi connectivity index (χ4n) is 7.47. The number of nitrogens with one attached hydrogen (secondary N) is 4. The number of hydrogen-bond acceptors (Lipinski definition) is 13. The molecule has 3 amide bonds. The number of benzene rings is 4. The number of nitrogens with zero attached hydrogens (tertiary/aromatic N) is 8. The van der Waals surface area contributed by atoms with E-state index in [1.807, 2.05) is 24.3 Å². The number of amides is 3. The Hall–Kier alpha value is -9.24. The van der Waals surface area contributed by atoms with E-state index in [1.165, 1.54) is 40.8 Å². The monoisotopic (exact) mass is 996 g/mol. The molecular weight excluding hydrogens is 949 g/mol. The fraction of sp³-hybridized carbons (Fsp3) is 0.189. The van der Waals surface area contributed by atoms with Crippen molar-refractivity contribution in [1.82, 2.24) is 59.7 Å². The van der Waals surface area contributed by atoms with E-state index in [0.717, 1.165) is 6.26 Å². The first-order valence-electron chi connectivity index (χ1n) is 22.6. The lowest BCUT2D eigenvalue weighted by atomic mass is 10.1. The molecule has 0 fully saturated rings. The summed E-state index contributed by atoms with van der Waals surface area (Å²) < 4.78 is 27.9. The minimum atomic E-state index is -3.39. The lowest BCUT2D eigenvalue weighted by Gasteiger charge is -2.20. The molecule has 0 radical (unpaired) electrons. The predicted molar refractivity (Wildman–Crippen MR) is 275 cm³/mol. The highest BCUT2D eigenvalue weighted by molar-refractivity contribution is 7.88. The van der Waals surface area contributed by atoms with Crippen molar-refractivity contribution in [2.45, 2.75) is 46.7 Å². The molecule has 8 rings (SSSR count). The van der Waals surface area contributed by atoms with Gasteiger partial charge in [0.05, 0.1) is 76.0 Å². The lowest BCUT2D eigenvalue weighted by molar-refractivity contribution is -0.118. The van der Waals surface area contributed by atoms with Gasteiger partial charge in [-0.15, -0.1) is 0 Å². The van der Waals surface area contributed by atoms with E-state index in [0.29, 0.717) is 62.0 Å². The van der Waals surface area contributed by atoms with Crippen molar-refractivity contribution in [3.63, 3.8) is 0 Å². The summed E-state index contributed by atoms with van der Waals surface area (Å²) in [6.45, 7) is 8.36. The third-order valence-corrected chi connectivity index (χ3v) is 11.5. The molecule has 2 atom stereocenters. The van der Waals surface area contributed by atoms with Crippen LogP contribution in [0.15, 0.2) is 131 Å². The fourth-order valence-corrected chi connectivity index (χ4v) is 7.81. The summed E-state index contributed by atoms with van der Waals surface area (Å²) in [7, 11) is -3.39. The zero-order valence-electron chi connectivity index (χ0n) is 40.5. The second kappa shape index (κ2) is 23.1. The van der Waals surface area contributed by atoms with Gasteiger partial charge in [-0.1, -0.05) is 72.2 Å². The topological polar surface area (TPSA) is 255 Å². The van der Waals surface area contributed by atoms with Crippen LogP contribution in [0.4, 0.5) is 0 Å². The van der Waals surface area contributed by atoms with Crippen LogP contribution in [-0.4, -0.2) is 84.5 Å². The number of para-hydroxylation sites is 2. The molecule has 4 N–H and O–H groups in total. The number of carbonyl (C=O) groups excluding carboxylic acids is 3. The molecule has 0 saturated carbocycles. The summed E-state index contributed by atoms with van der Waals surface area (Å²) >= 11 is 0. The van der Waals surface area contributed by atoms with Crippen molar-refractivity contribution in [2.75, 3.05) is 19.3 Å². The van der Waals surface area contributed by atoms with Crippen LogP contribution in [0.5, 0.6) is 0 Å². The van der Waals surface area contributed by atoms with E-state index in [2.05, 4.69) is 64.3 Å². The maximum absolute atomic E-state index is 13.9. The van der Waals surface area contributed by atoms with Crippen molar-refractivity contribution in [3.05, 3.63) is 188 Å². The second-order valence-electron chi connectivity index (χ2n) is 16.3. The van der Waals surface area contributed by atoms with E-state index < -0.39 is 33.9 Å². The Morgan fingerprint density at radius 2 is 1.00 bits per heavy atom. The summed E-state index contributed by atoms with van der Waals surface area (Å²) in [5, 5.41) is 9.01. The third kappa shape index (κ3) is 12.6. The maximum Gasteiger partial charge on any atom is 0.272 e. The van der Waals surface area contributed by atoms with Gasteiger partial charge in [0.2, 0.25) is 15.9 Å². The quantitative estimate of drug-likeness (QED) is 0.132. The summed E-state index contributed by atoms with van der Waals surface area (Å²) in [6.07, 6.45) is 6.96. The Morgan fingerprint density at radius 1 is 0.589 bits per heavy atom. The van der Waals surface area contributed by atoms with Gasteiger partial charge in [0.15, 0.2) is 0 Å². The molecular formula is C53H48N12O7S.